The first-order chi connectivity index (χ1) is 12.7. The first kappa shape index (κ1) is 20.3. The topological polar surface area (TPSA) is 56.3 Å². The van der Waals surface area contributed by atoms with Crippen molar-refractivity contribution in [1.82, 2.24) is 5.32 Å². The zero-order chi connectivity index (χ0) is 18.6. The van der Waals surface area contributed by atoms with Crippen LogP contribution in [-0.2, 0) is 6.54 Å². The van der Waals surface area contributed by atoms with Crippen LogP contribution in [0.3, 0.4) is 0 Å². The van der Waals surface area contributed by atoms with Crippen molar-refractivity contribution in [1.29, 1.82) is 0 Å². The average molecular weight is 356 g/mol. The molecule has 0 saturated carbocycles. The van der Waals surface area contributed by atoms with Gasteiger partial charge in [0, 0.05) is 37.6 Å². The molecule has 26 heavy (non-hydrogen) atoms. The van der Waals surface area contributed by atoms with Crippen molar-refractivity contribution < 1.29 is 5.11 Å². The van der Waals surface area contributed by atoms with Gasteiger partial charge in [-0.15, -0.1) is 0 Å². The standard InChI is InChI=1S/C22H33N3O/c1-3-5-14-25-21-12-7-6-9-19(21)16-23-17-22(26)18-10-8-11-20(15-18)24-13-4-2/h6-12,15,22-26H,3-5,13-14,16-17H2,1-2H3. The van der Waals surface area contributed by atoms with Gasteiger partial charge in [-0.2, -0.15) is 0 Å². The number of hydrogen-bond donors (Lipinski definition) is 4. The molecule has 0 aliphatic rings. The van der Waals surface area contributed by atoms with Crippen molar-refractivity contribution >= 4 is 11.4 Å². The molecule has 2 rings (SSSR count). The molecule has 0 heterocycles. The second kappa shape index (κ2) is 11.6. The summed E-state index contributed by atoms with van der Waals surface area (Å²) in [6.07, 6.45) is 2.92. The highest BCUT2D eigenvalue weighted by Crippen LogP contribution is 2.18. The second-order valence-corrected chi connectivity index (χ2v) is 6.64. The summed E-state index contributed by atoms with van der Waals surface area (Å²) in [5.74, 6) is 0. The van der Waals surface area contributed by atoms with Crippen molar-refractivity contribution in [2.45, 2.75) is 45.8 Å². The Balaban J connectivity index is 1.85. The average Bonchev–Trinajstić information content (AvgIpc) is 2.68. The summed E-state index contributed by atoms with van der Waals surface area (Å²) >= 11 is 0. The molecule has 1 atom stereocenters. The molecule has 0 aliphatic carbocycles. The van der Waals surface area contributed by atoms with Gasteiger partial charge in [0.15, 0.2) is 0 Å². The molecule has 2 aromatic rings. The van der Waals surface area contributed by atoms with Gasteiger partial charge in [-0.05, 0) is 42.2 Å². The normalized spacial score (nSPS) is 12.0. The summed E-state index contributed by atoms with van der Waals surface area (Å²) in [5.41, 5.74) is 4.41. The van der Waals surface area contributed by atoms with E-state index in [4.69, 9.17) is 0 Å². The lowest BCUT2D eigenvalue weighted by atomic mass is 10.1. The highest BCUT2D eigenvalue weighted by Gasteiger charge is 2.08. The third-order valence-electron chi connectivity index (χ3n) is 4.37. The predicted octanol–water partition coefficient (Wildman–Crippen LogP) is 4.54. The minimum Gasteiger partial charge on any atom is -0.387 e. The summed E-state index contributed by atoms with van der Waals surface area (Å²) in [6, 6.07) is 16.4. The number of anilines is 2. The van der Waals surface area contributed by atoms with Crippen molar-refractivity contribution in [2.75, 3.05) is 30.3 Å². The summed E-state index contributed by atoms with van der Waals surface area (Å²) < 4.78 is 0. The van der Waals surface area contributed by atoms with E-state index < -0.39 is 6.10 Å². The fourth-order valence-electron chi connectivity index (χ4n) is 2.83. The van der Waals surface area contributed by atoms with E-state index >= 15 is 0 Å². The van der Waals surface area contributed by atoms with Crippen molar-refractivity contribution in [2.24, 2.45) is 0 Å². The van der Waals surface area contributed by atoms with Crippen LogP contribution < -0.4 is 16.0 Å². The summed E-state index contributed by atoms with van der Waals surface area (Å²) in [5, 5.41) is 20.7. The fraction of sp³-hybridized carbons (Fsp3) is 0.455. The van der Waals surface area contributed by atoms with E-state index in [-0.39, 0.29) is 0 Å². The predicted molar refractivity (Wildman–Crippen MR) is 112 cm³/mol. The number of para-hydroxylation sites is 1. The Labute approximate surface area is 158 Å². The monoisotopic (exact) mass is 355 g/mol. The van der Waals surface area contributed by atoms with E-state index in [1.807, 2.05) is 24.3 Å². The first-order valence-corrected chi connectivity index (χ1v) is 9.79. The van der Waals surface area contributed by atoms with Gasteiger partial charge in [0.25, 0.3) is 0 Å². The van der Waals surface area contributed by atoms with Gasteiger partial charge in [-0.1, -0.05) is 50.6 Å². The quantitative estimate of drug-likeness (QED) is 0.422. The summed E-state index contributed by atoms with van der Waals surface area (Å²) in [6.45, 7) is 7.54. The Kier molecular flexibility index (Phi) is 9.01. The Morgan fingerprint density at radius 1 is 0.923 bits per heavy atom. The van der Waals surface area contributed by atoms with Crippen molar-refractivity contribution in [3.8, 4) is 0 Å². The largest absolute Gasteiger partial charge is 0.387 e. The van der Waals surface area contributed by atoms with Crippen LogP contribution in [0.25, 0.3) is 0 Å². The number of nitrogens with one attached hydrogen (secondary N) is 3. The Hall–Kier alpha value is -2.04. The van der Waals surface area contributed by atoms with Gasteiger partial charge >= 0.3 is 0 Å². The highest BCUT2D eigenvalue weighted by molar-refractivity contribution is 5.51. The molecule has 142 valence electrons. The van der Waals surface area contributed by atoms with Gasteiger partial charge in [0.2, 0.25) is 0 Å². The highest BCUT2D eigenvalue weighted by atomic mass is 16.3. The van der Waals surface area contributed by atoms with Crippen molar-refractivity contribution in [3.05, 3.63) is 59.7 Å². The third kappa shape index (κ3) is 6.70. The molecule has 0 fully saturated rings. The summed E-state index contributed by atoms with van der Waals surface area (Å²) in [4.78, 5) is 0. The Bertz CT molecular complexity index is 645. The number of unbranched alkanes of at least 4 members (excludes halogenated alkanes) is 1. The lowest BCUT2D eigenvalue weighted by Crippen LogP contribution is -2.22. The van der Waals surface area contributed by atoms with E-state index in [1.165, 1.54) is 24.1 Å². The van der Waals surface area contributed by atoms with Crippen LogP contribution in [0.1, 0.15) is 50.3 Å². The number of aliphatic hydroxyl groups excluding tert-OH is 1. The Morgan fingerprint density at radius 2 is 1.77 bits per heavy atom. The van der Waals surface area contributed by atoms with Crippen LogP contribution in [0, 0.1) is 0 Å². The number of hydrogen-bond acceptors (Lipinski definition) is 4. The van der Waals surface area contributed by atoms with Gasteiger partial charge in [0.05, 0.1) is 6.10 Å². The zero-order valence-electron chi connectivity index (χ0n) is 16.1. The lowest BCUT2D eigenvalue weighted by molar-refractivity contribution is 0.174. The zero-order valence-corrected chi connectivity index (χ0v) is 16.1. The molecule has 0 aromatic heterocycles. The maximum absolute atomic E-state index is 10.5. The van der Waals surface area contributed by atoms with Crippen LogP contribution in [0.5, 0.6) is 0 Å². The molecule has 0 spiro atoms. The minimum absolute atomic E-state index is 0.515. The van der Waals surface area contributed by atoms with Crippen LogP contribution in [0.2, 0.25) is 0 Å². The maximum atomic E-state index is 10.5. The molecule has 0 bridgehead atoms. The van der Waals surface area contributed by atoms with E-state index in [0.717, 1.165) is 37.3 Å². The molecule has 4 nitrogen and oxygen atoms in total. The van der Waals surface area contributed by atoms with Crippen LogP contribution >= 0.6 is 0 Å². The Morgan fingerprint density at radius 3 is 2.58 bits per heavy atom. The summed E-state index contributed by atoms with van der Waals surface area (Å²) in [7, 11) is 0. The van der Waals surface area contributed by atoms with Crippen molar-refractivity contribution in [3.63, 3.8) is 0 Å². The van der Waals surface area contributed by atoms with Gasteiger partial charge in [-0.25, -0.2) is 0 Å². The molecule has 0 aliphatic heterocycles. The molecule has 1 unspecified atom stereocenters. The second-order valence-electron chi connectivity index (χ2n) is 6.64. The molecule has 4 N–H and O–H groups in total. The van der Waals surface area contributed by atoms with Crippen LogP contribution in [-0.4, -0.2) is 24.7 Å². The van der Waals surface area contributed by atoms with Gasteiger partial charge in [-0.3, -0.25) is 0 Å². The molecular weight excluding hydrogens is 322 g/mol. The van der Waals surface area contributed by atoms with E-state index in [0.29, 0.717) is 6.54 Å². The molecule has 4 heteroatoms. The number of aliphatic hydroxyl groups is 1. The molecule has 0 saturated heterocycles. The minimum atomic E-state index is -0.515. The molecular formula is C22H33N3O. The van der Waals surface area contributed by atoms with Crippen LogP contribution in [0.15, 0.2) is 48.5 Å². The van der Waals surface area contributed by atoms with E-state index in [9.17, 15) is 5.11 Å². The number of rotatable bonds is 12. The first-order valence-electron chi connectivity index (χ1n) is 9.79. The van der Waals surface area contributed by atoms with Gasteiger partial charge < -0.3 is 21.1 Å². The molecule has 0 radical (unpaired) electrons. The lowest BCUT2D eigenvalue weighted by Gasteiger charge is -2.16. The molecule has 2 aromatic carbocycles. The third-order valence-corrected chi connectivity index (χ3v) is 4.37. The molecule has 0 amide bonds. The smallest absolute Gasteiger partial charge is 0.0915 e. The SMILES string of the molecule is CCCCNc1ccccc1CNCC(O)c1cccc(NCCC)c1. The fourth-order valence-corrected chi connectivity index (χ4v) is 2.83. The van der Waals surface area contributed by atoms with Crippen LogP contribution in [0.4, 0.5) is 11.4 Å². The van der Waals surface area contributed by atoms with E-state index in [2.05, 4.69) is 54.1 Å². The van der Waals surface area contributed by atoms with Gasteiger partial charge in [0.1, 0.15) is 0 Å². The maximum Gasteiger partial charge on any atom is 0.0915 e. The number of benzene rings is 2. The van der Waals surface area contributed by atoms with E-state index in [1.54, 1.807) is 0 Å².